The van der Waals surface area contributed by atoms with Crippen LogP contribution in [0.2, 0.25) is 0 Å². The van der Waals surface area contributed by atoms with E-state index >= 15 is 0 Å². The first-order valence-corrected chi connectivity index (χ1v) is 11.6. The van der Waals surface area contributed by atoms with E-state index in [1.807, 2.05) is 0 Å². The van der Waals surface area contributed by atoms with E-state index in [0.717, 1.165) is 25.7 Å². The highest BCUT2D eigenvalue weighted by atomic mass is 16.6. The average molecular weight is 409 g/mol. The van der Waals surface area contributed by atoms with Crippen molar-refractivity contribution in [2.45, 2.75) is 104 Å². The maximum atomic E-state index is 12.0. The van der Waals surface area contributed by atoms with Gasteiger partial charge in [0, 0.05) is 0 Å². The van der Waals surface area contributed by atoms with Crippen LogP contribution in [-0.2, 0) is 9.47 Å². The van der Waals surface area contributed by atoms with Gasteiger partial charge in [0.1, 0.15) is 0 Å². The molecule has 29 heavy (non-hydrogen) atoms. The maximum Gasteiger partial charge on any atom is 0.374 e. The van der Waals surface area contributed by atoms with Gasteiger partial charge in [-0.3, -0.25) is 0 Å². The Morgan fingerprint density at radius 3 is 1.34 bits per heavy atom. The molecule has 0 aliphatic rings. The molecule has 0 atom stereocenters. The molecule has 0 aromatic carbocycles. The second-order valence-corrected chi connectivity index (χ2v) is 7.68. The second kappa shape index (κ2) is 17.1. The highest BCUT2D eigenvalue weighted by molar-refractivity contribution is 5.90. The Kier molecular flexibility index (Phi) is 14.9. The summed E-state index contributed by atoms with van der Waals surface area (Å²) in [5.74, 6) is -0.949. The number of rotatable bonds is 18. The van der Waals surface area contributed by atoms with Crippen LogP contribution in [0.3, 0.4) is 0 Å². The molecule has 166 valence electrons. The molecule has 0 radical (unpaired) electrons. The monoisotopic (exact) mass is 408 g/mol. The standard InChI is InChI=1S/C24H40O5/c1-3-5-7-9-11-12-14-16-20-28-24(26)22-18-17-21(29-22)23(25)27-19-15-13-10-8-6-4-2/h17-18H,3-16,19-20H2,1-2H3. The zero-order chi connectivity index (χ0) is 21.2. The fourth-order valence-corrected chi connectivity index (χ4v) is 3.15. The van der Waals surface area contributed by atoms with Gasteiger partial charge in [0.25, 0.3) is 0 Å². The highest BCUT2D eigenvalue weighted by Gasteiger charge is 2.17. The Labute approximate surface area is 176 Å². The third kappa shape index (κ3) is 12.4. The topological polar surface area (TPSA) is 65.7 Å². The van der Waals surface area contributed by atoms with Crippen LogP contribution in [0.15, 0.2) is 16.5 Å². The van der Waals surface area contributed by atoms with Gasteiger partial charge >= 0.3 is 11.9 Å². The second-order valence-electron chi connectivity index (χ2n) is 7.68. The van der Waals surface area contributed by atoms with Crippen molar-refractivity contribution in [1.82, 2.24) is 0 Å². The highest BCUT2D eigenvalue weighted by Crippen LogP contribution is 2.13. The lowest BCUT2D eigenvalue weighted by molar-refractivity contribution is 0.0427. The summed E-state index contributed by atoms with van der Waals surface area (Å²) in [4.78, 5) is 24.0. The number of hydrogen-bond acceptors (Lipinski definition) is 5. The van der Waals surface area contributed by atoms with Crippen molar-refractivity contribution in [1.29, 1.82) is 0 Å². The summed E-state index contributed by atoms with van der Waals surface area (Å²) < 4.78 is 15.7. The molecule has 1 aromatic heterocycles. The molecule has 5 nitrogen and oxygen atoms in total. The Bertz CT molecular complexity index is 549. The van der Waals surface area contributed by atoms with Gasteiger partial charge in [-0.25, -0.2) is 9.59 Å². The lowest BCUT2D eigenvalue weighted by atomic mass is 10.1. The summed E-state index contributed by atoms with van der Waals surface area (Å²) in [5.41, 5.74) is 0. The minimum Gasteiger partial charge on any atom is -0.460 e. The van der Waals surface area contributed by atoms with E-state index in [4.69, 9.17) is 13.9 Å². The first-order chi connectivity index (χ1) is 14.2. The molecule has 0 spiro atoms. The Hall–Kier alpha value is -1.78. The largest absolute Gasteiger partial charge is 0.460 e. The lowest BCUT2D eigenvalue weighted by Crippen LogP contribution is -2.07. The fraction of sp³-hybridized carbons (Fsp3) is 0.750. The van der Waals surface area contributed by atoms with E-state index in [-0.39, 0.29) is 11.5 Å². The molecular formula is C24H40O5. The average Bonchev–Trinajstić information content (AvgIpc) is 3.22. The Morgan fingerprint density at radius 1 is 0.621 bits per heavy atom. The molecule has 0 fully saturated rings. The van der Waals surface area contributed by atoms with E-state index in [1.165, 1.54) is 76.3 Å². The van der Waals surface area contributed by atoms with Crippen LogP contribution in [0.5, 0.6) is 0 Å². The van der Waals surface area contributed by atoms with Gasteiger partial charge in [-0.1, -0.05) is 90.9 Å². The third-order valence-corrected chi connectivity index (χ3v) is 4.97. The number of esters is 2. The van der Waals surface area contributed by atoms with Crippen molar-refractivity contribution in [3.63, 3.8) is 0 Å². The zero-order valence-electron chi connectivity index (χ0n) is 18.5. The molecule has 0 saturated carbocycles. The summed E-state index contributed by atoms with van der Waals surface area (Å²) in [6, 6.07) is 2.94. The van der Waals surface area contributed by atoms with E-state index in [1.54, 1.807) is 0 Å². The molecule has 0 unspecified atom stereocenters. The molecule has 0 aliphatic carbocycles. The summed E-state index contributed by atoms with van der Waals surface area (Å²) in [6.45, 7) is 5.16. The first kappa shape index (κ1) is 25.3. The quantitative estimate of drug-likeness (QED) is 0.191. The predicted octanol–water partition coefficient (Wildman–Crippen LogP) is 7.09. The Morgan fingerprint density at radius 2 is 0.966 bits per heavy atom. The molecule has 0 N–H and O–H groups in total. The Balaban J connectivity index is 2.12. The molecule has 1 rings (SSSR count). The van der Waals surface area contributed by atoms with Crippen LogP contribution in [0.25, 0.3) is 0 Å². The molecule has 0 bridgehead atoms. The molecular weight excluding hydrogens is 368 g/mol. The van der Waals surface area contributed by atoms with Gasteiger partial charge < -0.3 is 13.9 Å². The first-order valence-electron chi connectivity index (χ1n) is 11.6. The number of carbonyl (C=O) groups is 2. The maximum absolute atomic E-state index is 12.0. The van der Waals surface area contributed by atoms with Crippen molar-refractivity contribution >= 4 is 11.9 Å². The minimum atomic E-state index is -0.527. The van der Waals surface area contributed by atoms with Crippen LogP contribution < -0.4 is 0 Å². The predicted molar refractivity (Wildman–Crippen MR) is 115 cm³/mol. The van der Waals surface area contributed by atoms with Crippen molar-refractivity contribution in [3.8, 4) is 0 Å². The van der Waals surface area contributed by atoms with E-state index < -0.39 is 11.9 Å². The van der Waals surface area contributed by atoms with Crippen LogP contribution in [-0.4, -0.2) is 25.2 Å². The van der Waals surface area contributed by atoms with E-state index in [2.05, 4.69) is 13.8 Å². The van der Waals surface area contributed by atoms with Crippen LogP contribution in [0.4, 0.5) is 0 Å². The van der Waals surface area contributed by atoms with Gasteiger partial charge in [-0.15, -0.1) is 0 Å². The number of hydrogen-bond donors (Lipinski definition) is 0. The third-order valence-electron chi connectivity index (χ3n) is 4.97. The van der Waals surface area contributed by atoms with Gasteiger partial charge in [-0.05, 0) is 25.0 Å². The molecule has 0 saturated heterocycles. The summed E-state index contributed by atoms with van der Waals surface area (Å²) in [5, 5.41) is 0. The zero-order valence-corrected chi connectivity index (χ0v) is 18.5. The number of ether oxygens (including phenoxy) is 2. The van der Waals surface area contributed by atoms with Crippen LogP contribution >= 0.6 is 0 Å². The van der Waals surface area contributed by atoms with Gasteiger partial charge in [0.2, 0.25) is 11.5 Å². The van der Waals surface area contributed by atoms with Crippen molar-refractivity contribution in [2.24, 2.45) is 0 Å². The summed E-state index contributed by atoms with van der Waals surface area (Å²) >= 11 is 0. The lowest BCUT2D eigenvalue weighted by Gasteiger charge is -2.04. The van der Waals surface area contributed by atoms with E-state index in [9.17, 15) is 9.59 Å². The smallest absolute Gasteiger partial charge is 0.374 e. The van der Waals surface area contributed by atoms with Gasteiger partial charge in [0.15, 0.2) is 0 Å². The number of furan rings is 1. The van der Waals surface area contributed by atoms with Gasteiger partial charge in [-0.2, -0.15) is 0 Å². The van der Waals surface area contributed by atoms with Gasteiger partial charge in [0.05, 0.1) is 13.2 Å². The van der Waals surface area contributed by atoms with Crippen molar-refractivity contribution in [2.75, 3.05) is 13.2 Å². The molecule has 5 heteroatoms. The number of carbonyl (C=O) groups excluding carboxylic acids is 2. The fourth-order valence-electron chi connectivity index (χ4n) is 3.15. The van der Waals surface area contributed by atoms with Crippen molar-refractivity contribution < 1.29 is 23.5 Å². The number of unbranched alkanes of at least 4 members (excludes halogenated alkanes) is 12. The molecule has 0 aliphatic heterocycles. The van der Waals surface area contributed by atoms with Crippen LogP contribution in [0, 0.1) is 0 Å². The molecule has 1 heterocycles. The van der Waals surface area contributed by atoms with Crippen LogP contribution in [0.1, 0.15) is 125 Å². The molecule has 1 aromatic rings. The van der Waals surface area contributed by atoms with Crippen molar-refractivity contribution in [3.05, 3.63) is 23.7 Å². The summed E-state index contributed by atoms with van der Waals surface area (Å²) in [6.07, 6.45) is 16.3. The van der Waals surface area contributed by atoms with E-state index in [0.29, 0.717) is 13.2 Å². The minimum absolute atomic E-state index is 0.0509. The molecule has 0 amide bonds. The SMILES string of the molecule is CCCCCCCCCCOC(=O)c1ccc(C(=O)OCCCCCCCC)o1. The summed E-state index contributed by atoms with van der Waals surface area (Å²) in [7, 11) is 0. The normalized spacial score (nSPS) is 10.8.